The summed E-state index contributed by atoms with van der Waals surface area (Å²) in [5, 5.41) is 15.4. The van der Waals surface area contributed by atoms with Gasteiger partial charge in [0.05, 0.1) is 25.2 Å². The standard InChI is InChI=1S/C18H25N3O4/c22-11-16-15(21-18(24)13-1-2-13)4-3-14(25-16)9-17(23)20-10-12-5-7-19-8-6-12/h5-8,13-16,22H,1-4,9-11H2,(H,20,23)(H,21,24)/t14-,15+,16+/m1/s1. The minimum Gasteiger partial charge on any atom is -0.394 e. The van der Waals surface area contributed by atoms with Crippen LogP contribution < -0.4 is 10.6 Å². The molecule has 0 unspecified atom stereocenters. The van der Waals surface area contributed by atoms with E-state index in [1.807, 2.05) is 12.1 Å². The first-order valence-corrected chi connectivity index (χ1v) is 8.88. The van der Waals surface area contributed by atoms with Gasteiger partial charge in [-0.2, -0.15) is 0 Å². The van der Waals surface area contributed by atoms with Gasteiger partial charge < -0.3 is 20.5 Å². The Labute approximate surface area is 147 Å². The van der Waals surface area contributed by atoms with Crippen molar-refractivity contribution < 1.29 is 19.4 Å². The molecule has 25 heavy (non-hydrogen) atoms. The highest BCUT2D eigenvalue weighted by Gasteiger charge is 2.36. The predicted molar refractivity (Wildman–Crippen MR) is 90.3 cm³/mol. The van der Waals surface area contributed by atoms with Crippen LogP contribution in [0.25, 0.3) is 0 Å². The molecule has 2 fully saturated rings. The number of carbonyl (C=O) groups excluding carboxylic acids is 2. The number of hydrogen-bond acceptors (Lipinski definition) is 5. The van der Waals surface area contributed by atoms with Crippen molar-refractivity contribution in [2.24, 2.45) is 5.92 Å². The number of rotatable bonds is 7. The summed E-state index contributed by atoms with van der Waals surface area (Å²) in [4.78, 5) is 27.9. The lowest BCUT2D eigenvalue weighted by atomic mass is 9.96. The van der Waals surface area contributed by atoms with E-state index in [9.17, 15) is 14.7 Å². The van der Waals surface area contributed by atoms with Crippen LogP contribution in [0.2, 0.25) is 0 Å². The number of nitrogens with zero attached hydrogens (tertiary/aromatic N) is 1. The lowest BCUT2D eigenvalue weighted by Crippen LogP contribution is -2.51. The van der Waals surface area contributed by atoms with Crippen LogP contribution in [-0.4, -0.2) is 46.8 Å². The summed E-state index contributed by atoms with van der Waals surface area (Å²) in [6.07, 6.45) is 6.25. The van der Waals surface area contributed by atoms with E-state index in [1.54, 1.807) is 12.4 Å². The van der Waals surface area contributed by atoms with Gasteiger partial charge in [-0.15, -0.1) is 0 Å². The summed E-state index contributed by atoms with van der Waals surface area (Å²) in [5.74, 6) is 0.107. The maximum atomic E-state index is 12.1. The molecule has 1 aromatic heterocycles. The Hall–Kier alpha value is -1.99. The van der Waals surface area contributed by atoms with Crippen LogP contribution in [0.15, 0.2) is 24.5 Å². The third-order valence-corrected chi connectivity index (χ3v) is 4.72. The van der Waals surface area contributed by atoms with Crippen LogP contribution >= 0.6 is 0 Å². The average molecular weight is 347 g/mol. The van der Waals surface area contributed by atoms with Gasteiger partial charge >= 0.3 is 0 Å². The average Bonchev–Trinajstić information content (AvgIpc) is 3.47. The highest BCUT2D eigenvalue weighted by molar-refractivity contribution is 5.81. The Morgan fingerprint density at radius 3 is 2.64 bits per heavy atom. The van der Waals surface area contributed by atoms with Crippen molar-refractivity contribution in [3.05, 3.63) is 30.1 Å². The van der Waals surface area contributed by atoms with Crippen molar-refractivity contribution in [2.45, 2.75) is 56.9 Å². The molecule has 7 heteroatoms. The number of aliphatic hydroxyl groups excluding tert-OH is 1. The minimum atomic E-state index is -0.450. The third kappa shape index (κ3) is 5.24. The smallest absolute Gasteiger partial charge is 0.223 e. The van der Waals surface area contributed by atoms with Gasteiger partial charge in [0.2, 0.25) is 11.8 Å². The van der Waals surface area contributed by atoms with Gasteiger partial charge in [0.15, 0.2) is 0 Å². The van der Waals surface area contributed by atoms with Gasteiger partial charge in [0.1, 0.15) is 6.10 Å². The van der Waals surface area contributed by atoms with Crippen molar-refractivity contribution in [1.82, 2.24) is 15.6 Å². The second kappa shape index (κ2) is 8.40. The largest absolute Gasteiger partial charge is 0.394 e. The van der Waals surface area contributed by atoms with Gasteiger partial charge in [-0.25, -0.2) is 0 Å². The summed E-state index contributed by atoms with van der Waals surface area (Å²) in [6, 6.07) is 3.53. The zero-order valence-electron chi connectivity index (χ0n) is 14.2. The zero-order valence-corrected chi connectivity index (χ0v) is 14.2. The summed E-state index contributed by atoms with van der Waals surface area (Å²) in [7, 11) is 0. The summed E-state index contributed by atoms with van der Waals surface area (Å²) >= 11 is 0. The predicted octanol–water partition coefficient (Wildman–Crippen LogP) is 0.523. The van der Waals surface area contributed by atoms with E-state index in [0.29, 0.717) is 19.4 Å². The number of amides is 2. The molecule has 1 aliphatic heterocycles. The Bertz CT molecular complexity index is 591. The van der Waals surface area contributed by atoms with Crippen molar-refractivity contribution in [1.29, 1.82) is 0 Å². The second-order valence-corrected chi connectivity index (χ2v) is 6.78. The molecule has 3 rings (SSSR count). The number of pyridine rings is 1. The zero-order chi connectivity index (χ0) is 17.6. The fraction of sp³-hybridized carbons (Fsp3) is 0.611. The number of ether oxygens (including phenoxy) is 1. The van der Waals surface area contributed by atoms with E-state index < -0.39 is 6.10 Å². The number of carbonyl (C=O) groups is 2. The lowest BCUT2D eigenvalue weighted by molar-refractivity contribution is -0.136. The molecule has 136 valence electrons. The highest BCUT2D eigenvalue weighted by atomic mass is 16.5. The first kappa shape index (κ1) is 17.8. The molecule has 0 spiro atoms. The van der Waals surface area contributed by atoms with E-state index in [-0.39, 0.29) is 42.9 Å². The minimum absolute atomic E-state index is 0.0561. The molecular formula is C18H25N3O4. The number of nitrogens with one attached hydrogen (secondary N) is 2. The fourth-order valence-electron chi connectivity index (χ4n) is 3.07. The maximum absolute atomic E-state index is 12.1. The fourth-order valence-corrected chi connectivity index (χ4v) is 3.07. The van der Waals surface area contributed by atoms with E-state index in [4.69, 9.17) is 4.74 Å². The molecule has 1 aliphatic carbocycles. The Kier molecular flexibility index (Phi) is 5.99. The molecule has 7 nitrogen and oxygen atoms in total. The molecule has 3 atom stereocenters. The maximum Gasteiger partial charge on any atom is 0.223 e. The quantitative estimate of drug-likeness (QED) is 0.668. The summed E-state index contributed by atoms with van der Waals surface area (Å²) < 4.78 is 5.84. The Morgan fingerprint density at radius 2 is 1.96 bits per heavy atom. The Balaban J connectivity index is 1.42. The molecule has 3 N–H and O–H groups in total. The SMILES string of the molecule is O=C(C[C@H]1CC[C@H](NC(=O)C2CC2)[C@H](CO)O1)NCc1ccncc1. The van der Waals surface area contributed by atoms with Crippen molar-refractivity contribution in [3.8, 4) is 0 Å². The van der Waals surface area contributed by atoms with Crippen LogP contribution in [0.3, 0.4) is 0 Å². The molecule has 0 radical (unpaired) electrons. The van der Waals surface area contributed by atoms with Gasteiger partial charge in [0, 0.05) is 24.9 Å². The molecule has 0 aromatic carbocycles. The van der Waals surface area contributed by atoms with Gasteiger partial charge in [-0.3, -0.25) is 14.6 Å². The monoisotopic (exact) mass is 347 g/mol. The molecule has 2 amide bonds. The van der Waals surface area contributed by atoms with Crippen LogP contribution in [0.1, 0.15) is 37.7 Å². The van der Waals surface area contributed by atoms with Gasteiger partial charge in [0.25, 0.3) is 0 Å². The van der Waals surface area contributed by atoms with Crippen molar-refractivity contribution in [2.75, 3.05) is 6.61 Å². The lowest BCUT2D eigenvalue weighted by Gasteiger charge is -2.36. The van der Waals surface area contributed by atoms with Gasteiger partial charge in [-0.1, -0.05) is 0 Å². The first-order chi connectivity index (χ1) is 12.2. The summed E-state index contributed by atoms with van der Waals surface area (Å²) in [5.41, 5.74) is 0.990. The molecule has 1 saturated heterocycles. The molecular weight excluding hydrogens is 322 g/mol. The van der Waals surface area contributed by atoms with E-state index >= 15 is 0 Å². The van der Waals surface area contributed by atoms with Crippen LogP contribution in [-0.2, 0) is 20.9 Å². The molecule has 0 bridgehead atoms. The third-order valence-electron chi connectivity index (χ3n) is 4.72. The molecule has 1 aromatic rings. The van der Waals surface area contributed by atoms with E-state index in [0.717, 1.165) is 18.4 Å². The summed E-state index contributed by atoms with van der Waals surface area (Å²) in [6.45, 7) is 0.294. The molecule has 2 heterocycles. The molecule has 1 saturated carbocycles. The normalized spacial score (nSPS) is 26.0. The van der Waals surface area contributed by atoms with Gasteiger partial charge in [-0.05, 0) is 43.4 Å². The van der Waals surface area contributed by atoms with Crippen LogP contribution in [0.5, 0.6) is 0 Å². The van der Waals surface area contributed by atoms with E-state index in [2.05, 4.69) is 15.6 Å². The van der Waals surface area contributed by atoms with Crippen LogP contribution in [0.4, 0.5) is 0 Å². The first-order valence-electron chi connectivity index (χ1n) is 8.88. The molecule has 2 aliphatic rings. The van der Waals surface area contributed by atoms with Crippen molar-refractivity contribution >= 4 is 11.8 Å². The second-order valence-electron chi connectivity index (χ2n) is 6.78. The Morgan fingerprint density at radius 1 is 1.20 bits per heavy atom. The number of aliphatic hydroxyl groups is 1. The van der Waals surface area contributed by atoms with Crippen molar-refractivity contribution in [3.63, 3.8) is 0 Å². The topological polar surface area (TPSA) is 101 Å². The number of aromatic nitrogens is 1. The van der Waals surface area contributed by atoms with Crippen LogP contribution in [0, 0.1) is 5.92 Å². The number of hydrogen-bond donors (Lipinski definition) is 3. The highest BCUT2D eigenvalue weighted by Crippen LogP contribution is 2.30. The van der Waals surface area contributed by atoms with E-state index in [1.165, 1.54) is 0 Å².